The first-order chi connectivity index (χ1) is 9.47. The highest BCUT2D eigenvalue weighted by Gasteiger charge is 2.11. The molecule has 2 aromatic rings. The number of carbonyl (C=O) groups excluding carboxylic acids is 1. The Morgan fingerprint density at radius 2 is 2.05 bits per heavy atom. The topological polar surface area (TPSA) is 75.3 Å². The fourth-order valence-electron chi connectivity index (χ4n) is 1.69. The normalized spacial score (nSPS) is 10.3. The number of phenolic OH excluding ortho intramolecular Hbond substituents is 1. The lowest BCUT2D eigenvalue weighted by atomic mass is 10.1. The monoisotopic (exact) mass is 338 g/mol. The number of nitrogen functional groups attached to an aromatic ring is 1. The van der Waals surface area contributed by atoms with E-state index < -0.39 is 5.91 Å². The van der Waals surface area contributed by atoms with Gasteiger partial charge < -0.3 is 16.2 Å². The number of carbonyl (C=O) groups is 1. The van der Waals surface area contributed by atoms with Gasteiger partial charge in [-0.3, -0.25) is 4.79 Å². The fraction of sp³-hybridized carbons (Fsp3) is 0.0714. The van der Waals surface area contributed by atoms with E-state index in [9.17, 15) is 14.3 Å². The molecular formula is C14H12BrFN2O2. The summed E-state index contributed by atoms with van der Waals surface area (Å²) in [4.78, 5) is 12.0. The van der Waals surface area contributed by atoms with E-state index >= 15 is 0 Å². The molecule has 104 valence electrons. The lowest BCUT2D eigenvalue weighted by Gasteiger charge is -2.09. The van der Waals surface area contributed by atoms with Gasteiger partial charge in [-0.2, -0.15) is 0 Å². The van der Waals surface area contributed by atoms with Gasteiger partial charge >= 0.3 is 0 Å². The Morgan fingerprint density at radius 3 is 2.80 bits per heavy atom. The average molecular weight is 339 g/mol. The van der Waals surface area contributed by atoms with Crippen molar-refractivity contribution in [3.63, 3.8) is 0 Å². The van der Waals surface area contributed by atoms with E-state index in [-0.39, 0.29) is 29.4 Å². The van der Waals surface area contributed by atoms with Crippen LogP contribution in [0, 0.1) is 5.82 Å². The zero-order valence-corrected chi connectivity index (χ0v) is 11.9. The number of hydrogen-bond acceptors (Lipinski definition) is 3. The summed E-state index contributed by atoms with van der Waals surface area (Å²) in [5.74, 6) is -0.861. The van der Waals surface area contributed by atoms with Gasteiger partial charge in [-0.1, -0.05) is 15.9 Å². The smallest absolute Gasteiger partial charge is 0.253 e. The van der Waals surface area contributed by atoms with Crippen LogP contribution in [0.4, 0.5) is 10.1 Å². The zero-order chi connectivity index (χ0) is 14.7. The number of rotatable bonds is 3. The van der Waals surface area contributed by atoms with Crippen molar-refractivity contribution in [3.05, 3.63) is 57.8 Å². The van der Waals surface area contributed by atoms with Gasteiger partial charge in [0.1, 0.15) is 11.6 Å². The summed E-state index contributed by atoms with van der Waals surface area (Å²) in [6, 6.07) is 8.35. The van der Waals surface area contributed by atoms with Crippen LogP contribution in [0.3, 0.4) is 0 Å². The highest BCUT2D eigenvalue weighted by Crippen LogP contribution is 2.20. The second-order valence-electron chi connectivity index (χ2n) is 4.19. The Labute approximate surface area is 123 Å². The molecule has 4 nitrogen and oxygen atoms in total. The standard InChI is InChI=1S/C14H12BrFN2O2/c15-12-3-1-9(16)5-8(12)7-18-14(20)11-6-10(19)2-4-13(11)17/h1-6,19H,7,17H2,(H,18,20). The van der Waals surface area contributed by atoms with Gasteiger partial charge in [-0.05, 0) is 42.0 Å². The Bertz CT molecular complexity index is 662. The fourth-order valence-corrected chi connectivity index (χ4v) is 2.08. The lowest BCUT2D eigenvalue weighted by molar-refractivity contribution is 0.0951. The van der Waals surface area contributed by atoms with Crippen molar-refractivity contribution in [1.29, 1.82) is 0 Å². The van der Waals surface area contributed by atoms with Gasteiger partial charge in [0.05, 0.1) is 5.56 Å². The number of phenols is 1. The highest BCUT2D eigenvalue weighted by atomic mass is 79.9. The number of aromatic hydroxyl groups is 1. The second kappa shape index (κ2) is 5.92. The molecule has 0 spiro atoms. The van der Waals surface area contributed by atoms with Crippen molar-refractivity contribution in [2.75, 3.05) is 5.73 Å². The van der Waals surface area contributed by atoms with Gasteiger partial charge in [-0.15, -0.1) is 0 Å². The molecule has 0 aliphatic heterocycles. The van der Waals surface area contributed by atoms with Crippen LogP contribution in [0.15, 0.2) is 40.9 Å². The van der Waals surface area contributed by atoms with E-state index in [1.807, 2.05) is 0 Å². The third kappa shape index (κ3) is 3.27. The molecule has 0 aromatic heterocycles. The second-order valence-corrected chi connectivity index (χ2v) is 5.04. The SMILES string of the molecule is Nc1ccc(O)cc1C(=O)NCc1cc(F)ccc1Br. The first-order valence-electron chi connectivity index (χ1n) is 5.78. The Kier molecular flexibility index (Phi) is 4.24. The summed E-state index contributed by atoms with van der Waals surface area (Å²) in [6.07, 6.45) is 0. The molecule has 2 aromatic carbocycles. The Hall–Kier alpha value is -2.08. The van der Waals surface area contributed by atoms with E-state index in [4.69, 9.17) is 5.73 Å². The summed E-state index contributed by atoms with van der Waals surface area (Å²) >= 11 is 3.28. The maximum absolute atomic E-state index is 13.1. The van der Waals surface area contributed by atoms with Gasteiger partial charge in [0, 0.05) is 16.7 Å². The van der Waals surface area contributed by atoms with E-state index in [0.29, 0.717) is 10.0 Å². The summed E-state index contributed by atoms with van der Waals surface area (Å²) in [6.45, 7) is 0.145. The molecule has 0 aliphatic rings. The summed E-state index contributed by atoms with van der Waals surface area (Å²) in [5, 5.41) is 12.0. The van der Waals surface area contributed by atoms with Crippen LogP contribution >= 0.6 is 15.9 Å². The first kappa shape index (κ1) is 14.3. The Balaban J connectivity index is 2.12. The van der Waals surface area contributed by atoms with Crippen LogP contribution in [0.1, 0.15) is 15.9 Å². The first-order valence-corrected chi connectivity index (χ1v) is 6.57. The van der Waals surface area contributed by atoms with Crippen LogP contribution in [-0.4, -0.2) is 11.0 Å². The number of amides is 1. The molecule has 4 N–H and O–H groups in total. The average Bonchev–Trinajstić information content (AvgIpc) is 2.42. The van der Waals surface area contributed by atoms with E-state index in [1.165, 1.54) is 30.3 Å². The van der Waals surface area contributed by atoms with Crippen molar-refractivity contribution in [3.8, 4) is 5.75 Å². The minimum Gasteiger partial charge on any atom is -0.508 e. The summed E-state index contributed by atoms with van der Waals surface area (Å²) < 4.78 is 13.8. The molecular weight excluding hydrogens is 327 g/mol. The highest BCUT2D eigenvalue weighted by molar-refractivity contribution is 9.10. The predicted molar refractivity (Wildman–Crippen MR) is 77.8 cm³/mol. The number of nitrogens with two attached hydrogens (primary N) is 1. The van der Waals surface area contributed by atoms with Crippen LogP contribution < -0.4 is 11.1 Å². The Morgan fingerprint density at radius 1 is 1.30 bits per heavy atom. The predicted octanol–water partition coefficient (Wildman–Crippen LogP) is 2.81. The molecule has 0 bridgehead atoms. The minimum absolute atomic E-state index is 0.0451. The van der Waals surface area contributed by atoms with E-state index in [1.54, 1.807) is 6.07 Å². The quantitative estimate of drug-likeness (QED) is 0.595. The molecule has 0 aliphatic carbocycles. The number of nitrogens with one attached hydrogen (secondary N) is 1. The molecule has 0 radical (unpaired) electrons. The van der Waals surface area contributed by atoms with Crippen molar-refractivity contribution in [2.45, 2.75) is 6.54 Å². The van der Waals surface area contributed by atoms with Crippen LogP contribution in [0.2, 0.25) is 0 Å². The van der Waals surface area contributed by atoms with Crippen molar-refractivity contribution in [1.82, 2.24) is 5.32 Å². The third-order valence-corrected chi connectivity index (χ3v) is 3.50. The maximum atomic E-state index is 13.1. The third-order valence-electron chi connectivity index (χ3n) is 2.73. The summed E-state index contributed by atoms with van der Waals surface area (Å²) in [5.41, 5.74) is 6.72. The lowest BCUT2D eigenvalue weighted by Crippen LogP contribution is -2.24. The maximum Gasteiger partial charge on any atom is 0.253 e. The van der Waals surface area contributed by atoms with Crippen LogP contribution in [0.25, 0.3) is 0 Å². The summed E-state index contributed by atoms with van der Waals surface area (Å²) in [7, 11) is 0. The van der Waals surface area contributed by atoms with Crippen LogP contribution in [0.5, 0.6) is 5.75 Å². The minimum atomic E-state index is -0.436. The number of anilines is 1. The molecule has 1 amide bonds. The van der Waals surface area contributed by atoms with E-state index in [2.05, 4.69) is 21.2 Å². The van der Waals surface area contributed by atoms with Crippen molar-refractivity contribution in [2.24, 2.45) is 0 Å². The molecule has 0 saturated carbocycles. The number of halogens is 2. The molecule has 6 heteroatoms. The molecule has 0 atom stereocenters. The van der Waals surface area contributed by atoms with Crippen LogP contribution in [-0.2, 0) is 6.54 Å². The molecule has 20 heavy (non-hydrogen) atoms. The van der Waals surface area contributed by atoms with E-state index in [0.717, 1.165) is 0 Å². The van der Waals surface area contributed by atoms with Gasteiger partial charge in [0.25, 0.3) is 5.91 Å². The van der Waals surface area contributed by atoms with Gasteiger partial charge in [0.2, 0.25) is 0 Å². The largest absolute Gasteiger partial charge is 0.508 e. The number of hydrogen-bond donors (Lipinski definition) is 3. The molecule has 0 unspecified atom stereocenters. The molecule has 0 saturated heterocycles. The zero-order valence-electron chi connectivity index (χ0n) is 10.4. The van der Waals surface area contributed by atoms with Gasteiger partial charge in [0.15, 0.2) is 0 Å². The van der Waals surface area contributed by atoms with Gasteiger partial charge in [-0.25, -0.2) is 4.39 Å². The molecule has 0 fully saturated rings. The molecule has 2 rings (SSSR count). The van der Waals surface area contributed by atoms with Crippen molar-refractivity contribution >= 4 is 27.5 Å². The number of benzene rings is 2. The molecule has 0 heterocycles. The van der Waals surface area contributed by atoms with Crippen molar-refractivity contribution < 1.29 is 14.3 Å².